The number of methoxy groups -OCH3 is 3. The molecular weight excluding hydrogens is 538 g/mol. The number of hydrogen-bond acceptors (Lipinski definition) is 6. The zero-order chi connectivity index (χ0) is 32.2. The van der Waals surface area contributed by atoms with Gasteiger partial charge in [0, 0.05) is 0 Å². The molecular formula is C36H37N3O4. The topological polar surface area (TPSA) is 99.9 Å². The largest absolute Gasteiger partial charge is 0.508 e. The monoisotopic (exact) mass is 575 g/mol. The molecule has 0 spiro atoms. The Morgan fingerprint density at radius 1 is 0.698 bits per heavy atom. The number of nitrogens with zero attached hydrogens (tertiary/aromatic N) is 3. The number of aromatic hydroxyl groups is 1. The Morgan fingerprint density at radius 2 is 1.21 bits per heavy atom. The molecule has 43 heavy (non-hydrogen) atoms. The molecule has 0 bridgehead atoms. The molecule has 4 rings (SSSR count). The average molecular weight is 576 g/mol. The second kappa shape index (κ2) is 19.4. The minimum Gasteiger partial charge on any atom is -0.508 e. The van der Waals surface area contributed by atoms with Gasteiger partial charge in [-0.3, -0.25) is 0 Å². The van der Waals surface area contributed by atoms with Gasteiger partial charge in [-0.2, -0.15) is 5.26 Å². The fraction of sp³-hybridized carbons (Fsp3) is 0.194. The van der Waals surface area contributed by atoms with Crippen molar-refractivity contribution >= 4 is 6.08 Å². The summed E-state index contributed by atoms with van der Waals surface area (Å²) in [4.78, 5) is 3.09. The fourth-order valence-corrected chi connectivity index (χ4v) is 3.54. The van der Waals surface area contributed by atoms with Gasteiger partial charge in [0.2, 0.25) is 0 Å². The van der Waals surface area contributed by atoms with Crippen molar-refractivity contribution in [2.75, 3.05) is 21.3 Å². The van der Waals surface area contributed by atoms with Gasteiger partial charge in [-0.15, -0.1) is 0 Å². The first kappa shape index (κ1) is 35.3. The molecule has 0 fully saturated rings. The van der Waals surface area contributed by atoms with Crippen LogP contribution < -0.4 is 14.2 Å². The minimum absolute atomic E-state index is 0.0829. The van der Waals surface area contributed by atoms with Crippen LogP contribution in [0.2, 0.25) is 0 Å². The van der Waals surface area contributed by atoms with Crippen LogP contribution in [0.3, 0.4) is 0 Å². The first-order valence-corrected chi connectivity index (χ1v) is 13.2. The van der Waals surface area contributed by atoms with Crippen LogP contribution in [-0.2, 0) is 0 Å². The van der Waals surface area contributed by atoms with Crippen molar-refractivity contribution in [1.29, 1.82) is 10.5 Å². The van der Waals surface area contributed by atoms with Gasteiger partial charge in [-0.1, -0.05) is 42.5 Å². The van der Waals surface area contributed by atoms with E-state index in [1.807, 2.05) is 94.4 Å². The van der Waals surface area contributed by atoms with Crippen molar-refractivity contribution in [2.24, 2.45) is 0 Å². The van der Waals surface area contributed by atoms with E-state index >= 15 is 0 Å². The summed E-state index contributed by atoms with van der Waals surface area (Å²) in [6, 6.07) is 29.9. The van der Waals surface area contributed by atoms with E-state index in [4.69, 9.17) is 36.4 Å². The number of phenols is 1. The number of para-hydroxylation sites is 2. The van der Waals surface area contributed by atoms with Crippen molar-refractivity contribution in [3.05, 3.63) is 135 Å². The molecule has 0 amide bonds. The van der Waals surface area contributed by atoms with Crippen LogP contribution in [0.25, 0.3) is 10.9 Å². The van der Waals surface area contributed by atoms with E-state index in [0.29, 0.717) is 11.3 Å². The quantitative estimate of drug-likeness (QED) is 0.194. The second-order valence-electron chi connectivity index (χ2n) is 9.03. The Kier molecular flexibility index (Phi) is 15.9. The molecule has 0 aliphatic heterocycles. The Bertz CT molecular complexity index is 1590. The predicted molar refractivity (Wildman–Crippen MR) is 171 cm³/mol. The second-order valence-corrected chi connectivity index (χ2v) is 9.03. The van der Waals surface area contributed by atoms with Crippen molar-refractivity contribution in [2.45, 2.75) is 27.7 Å². The van der Waals surface area contributed by atoms with Gasteiger partial charge >= 0.3 is 0 Å². The van der Waals surface area contributed by atoms with E-state index in [0.717, 1.165) is 39.5 Å². The smallest absolute Gasteiger partial charge is 0.262 e. The number of allylic oxidation sites excluding steroid dienone is 1. The number of ether oxygens (including phenoxy) is 3. The zero-order valence-electron chi connectivity index (χ0n) is 25.7. The summed E-state index contributed by atoms with van der Waals surface area (Å²) in [6.45, 7) is 14.5. The van der Waals surface area contributed by atoms with Crippen LogP contribution in [0, 0.1) is 56.9 Å². The molecule has 7 heteroatoms. The fourth-order valence-electron chi connectivity index (χ4n) is 3.54. The molecule has 0 saturated heterocycles. The highest BCUT2D eigenvalue weighted by atomic mass is 16.5. The molecule has 0 atom stereocenters. The Balaban J connectivity index is 0.000000295. The zero-order valence-corrected chi connectivity index (χ0v) is 25.7. The van der Waals surface area contributed by atoms with Crippen LogP contribution in [-0.4, -0.2) is 26.4 Å². The number of rotatable bonds is 4. The Labute approximate surface area is 255 Å². The number of aryl methyl sites for hydroxylation is 4. The van der Waals surface area contributed by atoms with E-state index in [1.54, 1.807) is 51.7 Å². The lowest BCUT2D eigenvalue weighted by Crippen LogP contribution is -1.87. The lowest BCUT2D eigenvalue weighted by Gasteiger charge is -2.04. The molecule has 1 N–H and O–H groups in total. The van der Waals surface area contributed by atoms with E-state index in [-0.39, 0.29) is 5.70 Å². The summed E-state index contributed by atoms with van der Waals surface area (Å²) >= 11 is 0. The van der Waals surface area contributed by atoms with Gasteiger partial charge in [-0.05, 0) is 104 Å². The van der Waals surface area contributed by atoms with Gasteiger partial charge in [0.25, 0.3) is 5.70 Å². The van der Waals surface area contributed by atoms with E-state index in [1.165, 1.54) is 5.56 Å². The first-order valence-electron chi connectivity index (χ1n) is 13.2. The van der Waals surface area contributed by atoms with Gasteiger partial charge < -0.3 is 19.3 Å². The maximum Gasteiger partial charge on any atom is 0.262 e. The summed E-state index contributed by atoms with van der Waals surface area (Å²) in [6.07, 6.45) is 1.56. The van der Waals surface area contributed by atoms with Crippen molar-refractivity contribution in [1.82, 2.24) is 0 Å². The maximum atomic E-state index is 8.92. The predicted octanol–water partition coefficient (Wildman–Crippen LogP) is 8.37. The first-order chi connectivity index (χ1) is 20.6. The van der Waals surface area contributed by atoms with Crippen LogP contribution in [0.4, 0.5) is 0 Å². The molecule has 0 heterocycles. The highest BCUT2D eigenvalue weighted by Gasteiger charge is 2.00. The number of hydrogen-bond donors (Lipinski definition) is 1. The van der Waals surface area contributed by atoms with E-state index in [9.17, 15) is 0 Å². The molecule has 220 valence electrons. The van der Waals surface area contributed by atoms with E-state index < -0.39 is 0 Å². The van der Waals surface area contributed by atoms with Crippen LogP contribution in [0.5, 0.6) is 23.0 Å². The molecule has 0 aliphatic carbocycles. The molecule has 7 nitrogen and oxygen atoms in total. The van der Waals surface area contributed by atoms with Crippen molar-refractivity contribution in [3.8, 4) is 35.1 Å². The van der Waals surface area contributed by atoms with Crippen LogP contribution in [0.1, 0.15) is 33.4 Å². The van der Waals surface area contributed by atoms with Gasteiger partial charge in [-0.25, -0.2) is 10.1 Å². The summed E-state index contributed by atoms with van der Waals surface area (Å²) in [5, 5.41) is 26.1. The van der Waals surface area contributed by atoms with Crippen molar-refractivity contribution < 1.29 is 19.3 Å². The molecule has 4 aromatic carbocycles. The third kappa shape index (κ3) is 12.6. The summed E-state index contributed by atoms with van der Waals surface area (Å²) in [5.41, 5.74) is 5.66. The van der Waals surface area contributed by atoms with Gasteiger partial charge in [0.15, 0.2) is 0 Å². The Morgan fingerprint density at radius 3 is 1.60 bits per heavy atom. The molecule has 4 aromatic rings. The highest BCUT2D eigenvalue weighted by molar-refractivity contribution is 5.60. The number of nitriles is 2. The molecule has 0 aromatic heterocycles. The average Bonchev–Trinajstić information content (AvgIpc) is 3.02. The summed E-state index contributed by atoms with van der Waals surface area (Å²) < 4.78 is 15.2. The SMILES string of the molecule is COc1ccc(C#N)cc1C.COc1ccccc1C.Cc1ccccc1O.[C-]#[N+]/C(C#N)=C\c1ccc(OC)c(C)c1. The van der Waals surface area contributed by atoms with Gasteiger partial charge in [0.05, 0.1) is 45.6 Å². The lowest BCUT2D eigenvalue weighted by molar-refractivity contribution is 0.411. The van der Waals surface area contributed by atoms with E-state index in [2.05, 4.69) is 10.9 Å². The third-order valence-electron chi connectivity index (χ3n) is 5.91. The standard InChI is InChI=1S/C12H10N2O.C9H9NO.C8H10O.C7H8O/c1-9-6-10(4-5-12(9)15-3)7-11(8-13)14-2;1-7-5-8(6-10)3-4-9(7)11-2;1-7-5-3-4-6-8(7)9-2;1-6-4-2-3-5-7(6)8/h4-7H,1,3H3;3-5H,1-2H3;3-6H,1-2H3;2-5,8H,1H3/b11-7-;;;. The third-order valence-corrected chi connectivity index (χ3v) is 5.91. The molecule has 0 aliphatic rings. The van der Waals surface area contributed by atoms with Gasteiger partial charge in [0.1, 0.15) is 23.0 Å². The molecule has 0 unspecified atom stereocenters. The highest BCUT2D eigenvalue weighted by Crippen LogP contribution is 2.20. The minimum atomic E-state index is 0.0829. The molecule has 0 radical (unpaired) electrons. The Hall–Kier alpha value is -5.71. The summed E-state index contributed by atoms with van der Waals surface area (Å²) in [5.74, 6) is 2.95. The van der Waals surface area contributed by atoms with Crippen LogP contribution in [0.15, 0.2) is 90.6 Å². The van der Waals surface area contributed by atoms with Crippen molar-refractivity contribution in [3.63, 3.8) is 0 Å². The maximum absolute atomic E-state index is 8.92. The van der Waals surface area contributed by atoms with Crippen LogP contribution >= 0.6 is 0 Å². The lowest BCUT2D eigenvalue weighted by atomic mass is 10.1. The summed E-state index contributed by atoms with van der Waals surface area (Å²) in [7, 11) is 4.91. The normalized spacial score (nSPS) is 9.44. The number of phenolic OH excluding ortho intramolecular Hbond substituents is 1. The molecule has 0 saturated carbocycles. The number of benzene rings is 4.